The average molecular weight is 259 g/mol. The summed E-state index contributed by atoms with van der Waals surface area (Å²) in [5.74, 6) is 0.263. The summed E-state index contributed by atoms with van der Waals surface area (Å²) < 4.78 is 19.1. The lowest BCUT2D eigenvalue weighted by molar-refractivity contribution is 0.410. The largest absolute Gasteiger partial charge is 0.497 e. The first-order valence-corrected chi connectivity index (χ1v) is 6.23. The van der Waals surface area contributed by atoms with E-state index < -0.39 is 0 Å². The number of hydrogen-bond acceptors (Lipinski definition) is 2. The number of nitrogens with one attached hydrogen (secondary N) is 1. The third-order valence-corrected chi connectivity index (χ3v) is 3.22. The molecule has 0 spiro atoms. The van der Waals surface area contributed by atoms with E-state index in [9.17, 15) is 4.39 Å². The van der Waals surface area contributed by atoms with E-state index in [0.29, 0.717) is 11.3 Å². The summed E-state index contributed by atoms with van der Waals surface area (Å²) in [5, 5.41) is 3.15. The second-order valence-electron chi connectivity index (χ2n) is 4.52. The van der Waals surface area contributed by atoms with Crippen molar-refractivity contribution in [2.75, 3.05) is 14.2 Å². The van der Waals surface area contributed by atoms with Crippen LogP contribution in [0.15, 0.2) is 42.5 Å². The molecule has 0 amide bonds. The highest BCUT2D eigenvalue weighted by molar-refractivity contribution is 5.37. The van der Waals surface area contributed by atoms with Crippen molar-refractivity contribution in [3.8, 4) is 5.75 Å². The minimum atomic E-state index is -0.265. The fraction of sp³-hybridized carbons (Fsp3) is 0.250. The zero-order valence-corrected chi connectivity index (χ0v) is 11.4. The number of ether oxygens (including phenoxy) is 1. The van der Waals surface area contributed by atoms with Crippen LogP contribution >= 0.6 is 0 Å². The topological polar surface area (TPSA) is 21.3 Å². The Kier molecular flexibility index (Phi) is 4.17. The zero-order valence-electron chi connectivity index (χ0n) is 11.4. The van der Waals surface area contributed by atoms with E-state index in [0.717, 1.165) is 5.56 Å². The van der Waals surface area contributed by atoms with E-state index in [2.05, 4.69) is 5.32 Å². The first-order valence-electron chi connectivity index (χ1n) is 6.23. The van der Waals surface area contributed by atoms with E-state index in [1.54, 1.807) is 12.1 Å². The Hall–Kier alpha value is -1.87. The minimum absolute atomic E-state index is 0.161. The van der Waals surface area contributed by atoms with E-state index in [-0.39, 0.29) is 11.9 Å². The Bertz CT molecular complexity index is 551. The summed E-state index contributed by atoms with van der Waals surface area (Å²) in [5.41, 5.74) is 2.85. The number of methoxy groups -OCH3 is 1. The molecule has 0 aromatic heterocycles. The summed E-state index contributed by atoms with van der Waals surface area (Å²) in [7, 11) is 3.36. The van der Waals surface area contributed by atoms with Crippen molar-refractivity contribution in [2.45, 2.75) is 13.0 Å². The maximum Gasteiger partial charge on any atom is 0.132 e. The monoisotopic (exact) mass is 259 g/mol. The van der Waals surface area contributed by atoms with Crippen molar-refractivity contribution < 1.29 is 9.13 Å². The van der Waals surface area contributed by atoms with Gasteiger partial charge in [-0.3, -0.25) is 0 Å². The van der Waals surface area contributed by atoms with Crippen LogP contribution in [0.2, 0.25) is 0 Å². The van der Waals surface area contributed by atoms with E-state index >= 15 is 0 Å². The lowest BCUT2D eigenvalue weighted by atomic mass is 9.97. The summed E-state index contributed by atoms with van der Waals surface area (Å²) in [4.78, 5) is 0. The van der Waals surface area contributed by atoms with Gasteiger partial charge < -0.3 is 10.1 Å². The van der Waals surface area contributed by atoms with Crippen molar-refractivity contribution in [3.63, 3.8) is 0 Å². The van der Waals surface area contributed by atoms with Gasteiger partial charge in [-0.1, -0.05) is 35.9 Å². The Morgan fingerprint density at radius 1 is 1.11 bits per heavy atom. The van der Waals surface area contributed by atoms with Crippen molar-refractivity contribution in [3.05, 3.63) is 65.0 Å². The van der Waals surface area contributed by atoms with Gasteiger partial charge in [-0.2, -0.15) is 0 Å². The summed E-state index contributed by atoms with van der Waals surface area (Å²) in [6, 6.07) is 12.9. The van der Waals surface area contributed by atoms with E-state index in [1.807, 2.05) is 38.2 Å². The van der Waals surface area contributed by atoms with Gasteiger partial charge in [0.05, 0.1) is 13.2 Å². The van der Waals surface area contributed by atoms with Crippen LogP contribution in [0.5, 0.6) is 5.75 Å². The van der Waals surface area contributed by atoms with Gasteiger partial charge in [0, 0.05) is 11.6 Å². The molecule has 2 rings (SSSR count). The van der Waals surface area contributed by atoms with Crippen LogP contribution in [0, 0.1) is 12.7 Å². The molecule has 100 valence electrons. The maximum atomic E-state index is 14.1. The summed E-state index contributed by atoms with van der Waals surface area (Å²) >= 11 is 0. The fourth-order valence-electron chi connectivity index (χ4n) is 2.13. The van der Waals surface area contributed by atoms with Gasteiger partial charge in [0.1, 0.15) is 11.6 Å². The molecule has 0 aliphatic rings. The Labute approximate surface area is 113 Å². The normalized spacial score (nSPS) is 12.2. The molecule has 2 aromatic rings. The summed E-state index contributed by atoms with van der Waals surface area (Å²) in [6.45, 7) is 2.03. The average Bonchev–Trinajstić information content (AvgIpc) is 2.43. The molecule has 0 aliphatic heterocycles. The quantitative estimate of drug-likeness (QED) is 0.908. The van der Waals surface area contributed by atoms with Gasteiger partial charge in [0.25, 0.3) is 0 Å². The number of aryl methyl sites for hydroxylation is 1. The SMILES string of the molecule is CNC(c1ccc(C)cc1)c1ccc(OC)cc1F. The van der Waals surface area contributed by atoms with Crippen LogP contribution in [0.25, 0.3) is 0 Å². The smallest absolute Gasteiger partial charge is 0.132 e. The molecule has 3 heteroatoms. The van der Waals surface area contributed by atoms with Gasteiger partial charge in [0.2, 0.25) is 0 Å². The molecule has 2 aromatic carbocycles. The van der Waals surface area contributed by atoms with Gasteiger partial charge in [-0.05, 0) is 25.6 Å². The number of benzene rings is 2. The predicted molar refractivity (Wildman–Crippen MR) is 75.0 cm³/mol. The fourth-order valence-corrected chi connectivity index (χ4v) is 2.13. The molecular weight excluding hydrogens is 241 g/mol. The molecular formula is C16H18FNO. The molecule has 1 unspecified atom stereocenters. The lowest BCUT2D eigenvalue weighted by Gasteiger charge is -2.18. The third kappa shape index (κ3) is 2.93. The zero-order chi connectivity index (χ0) is 13.8. The highest BCUT2D eigenvalue weighted by Crippen LogP contribution is 2.27. The van der Waals surface area contributed by atoms with Crippen molar-refractivity contribution in [1.29, 1.82) is 0 Å². The van der Waals surface area contributed by atoms with Crippen molar-refractivity contribution in [2.24, 2.45) is 0 Å². The van der Waals surface area contributed by atoms with E-state index in [4.69, 9.17) is 4.74 Å². The molecule has 2 nitrogen and oxygen atoms in total. The van der Waals surface area contributed by atoms with Crippen LogP contribution in [0.1, 0.15) is 22.7 Å². The Balaban J connectivity index is 2.39. The highest BCUT2D eigenvalue weighted by atomic mass is 19.1. The second-order valence-corrected chi connectivity index (χ2v) is 4.52. The van der Waals surface area contributed by atoms with Crippen molar-refractivity contribution >= 4 is 0 Å². The summed E-state index contributed by atoms with van der Waals surface area (Å²) in [6.07, 6.45) is 0. The standard InChI is InChI=1S/C16H18FNO/c1-11-4-6-12(7-5-11)16(18-2)14-9-8-13(19-3)10-15(14)17/h4-10,16,18H,1-3H3. The molecule has 0 heterocycles. The molecule has 0 saturated carbocycles. The third-order valence-electron chi connectivity index (χ3n) is 3.22. The lowest BCUT2D eigenvalue weighted by Crippen LogP contribution is -2.19. The van der Waals surface area contributed by atoms with Crippen molar-refractivity contribution in [1.82, 2.24) is 5.32 Å². The number of rotatable bonds is 4. The highest BCUT2D eigenvalue weighted by Gasteiger charge is 2.16. The second kappa shape index (κ2) is 5.85. The van der Waals surface area contributed by atoms with Gasteiger partial charge in [-0.15, -0.1) is 0 Å². The molecule has 0 fully saturated rings. The first-order chi connectivity index (χ1) is 9.15. The Morgan fingerprint density at radius 3 is 2.32 bits per heavy atom. The predicted octanol–water partition coefficient (Wildman–Crippen LogP) is 3.45. The molecule has 0 radical (unpaired) electrons. The number of halogens is 1. The van der Waals surface area contributed by atoms with Gasteiger partial charge in [-0.25, -0.2) is 4.39 Å². The molecule has 19 heavy (non-hydrogen) atoms. The molecule has 0 bridgehead atoms. The molecule has 0 saturated heterocycles. The van der Waals surface area contributed by atoms with Crippen LogP contribution in [-0.2, 0) is 0 Å². The van der Waals surface area contributed by atoms with Gasteiger partial charge >= 0.3 is 0 Å². The van der Waals surface area contributed by atoms with Crippen LogP contribution in [0.3, 0.4) is 0 Å². The van der Waals surface area contributed by atoms with E-state index in [1.165, 1.54) is 18.7 Å². The minimum Gasteiger partial charge on any atom is -0.497 e. The van der Waals surface area contributed by atoms with Crippen LogP contribution < -0.4 is 10.1 Å². The molecule has 0 aliphatic carbocycles. The van der Waals surface area contributed by atoms with Gasteiger partial charge in [0.15, 0.2) is 0 Å². The van der Waals surface area contributed by atoms with Crippen LogP contribution in [-0.4, -0.2) is 14.2 Å². The maximum absolute atomic E-state index is 14.1. The number of hydrogen-bond donors (Lipinski definition) is 1. The molecule has 1 N–H and O–H groups in total. The first kappa shape index (κ1) is 13.6. The molecule has 1 atom stereocenters. The Morgan fingerprint density at radius 2 is 1.79 bits per heavy atom. The van der Waals surface area contributed by atoms with Crippen LogP contribution in [0.4, 0.5) is 4.39 Å².